The molecule has 4 rings (SSSR count). The van der Waals surface area contributed by atoms with E-state index in [1.54, 1.807) is 5.56 Å². The van der Waals surface area contributed by atoms with E-state index in [0.29, 0.717) is 0 Å². The molecule has 0 bridgehead atoms. The smallest absolute Gasteiger partial charge is 0.00141 e. The summed E-state index contributed by atoms with van der Waals surface area (Å²) in [6.07, 6.45) is 6.86. The average Bonchev–Trinajstić information content (AvgIpc) is 2.53. The van der Waals surface area contributed by atoms with Gasteiger partial charge in [0.15, 0.2) is 0 Å². The van der Waals surface area contributed by atoms with E-state index < -0.39 is 0 Å². The summed E-state index contributed by atoms with van der Waals surface area (Å²) >= 11 is 0. The Morgan fingerprint density at radius 3 is 1.85 bits per heavy atom. The molecule has 0 unspecified atom stereocenters. The molecule has 1 aliphatic carbocycles. The van der Waals surface area contributed by atoms with Gasteiger partial charge in [-0.2, -0.15) is 0 Å². The van der Waals surface area contributed by atoms with Gasteiger partial charge in [-0.15, -0.1) is 0 Å². The summed E-state index contributed by atoms with van der Waals surface area (Å²) < 4.78 is 0. The highest BCUT2D eigenvalue weighted by Crippen LogP contribution is 2.40. The van der Waals surface area contributed by atoms with E-state index in [1.807, 2.05) is 0 Å². The minimum Gasteiger partial charge on any atom is -0.0616 e. The normalized spacial score (nSPS) is 16.8. The van der Waals surface area contributed by atoms with Gasteiger partial charge in [0.2, 0.25) is 0 Å². The van der Waals surface area contributed by atoms with Gasteiger partial charge in [0.1, 0.15) is 0 Å². The number of rotatable bonds is 1. The molecule has 0 aliphatic heterocycles. The molecule has 0 atom stereocenters. The molecule has 0 nitrogen and oxygen atoms in total. The van der Waals surface area contributed by atoms with Crippen molar-refractivity contribution >= 4 is 21.5 Å². The van der Waals surface area contributed by atoms with Crippen LogP contribution in [0.3, 0.4) is 0 Å². The van der Waals surface area contributed by atoms with Crippen molar-refractivity contribution in [1.29, 1.82) is 0 Å². The van der Waals surface area contributed by atoms with Crippen molar-refractivity contribution in [2.24, 2.45) is 0 Å². The fourth-order valence-electron chi connectivity index (χ4n) is 3.78. The molecule has 0 saturated heterocycles. The summed E-state index contributed by atoms with van der Waals surface area (Å²) in [5.41, 5.74) is 1.58. The lowest BCUT2D eigenvalue weighted by atomic mass is 9.80. The zero-order valence-corrected chi connectivity index (χ0v) is 11.7. The molecule has 0 aromatic heterocycles. The Balaban J connectivity index is 2.06. The zero-order chi connectivity index (χ0) is 13.4. The summed E-state index contributed by atoms with van der Waals surface area (Å²) in [6.45, 7) is 0. The topological polar surface area (TPSA) is 0 Å². The number of hydrogen-bond donors (Lipinski definition) is 0. The van der Waals surface area contributed by atoms with Crippen LogP contribution in [0, 0.1) is 6.07 Å². The van der Waals surface area contributed by atoms with Crippen LogP contribution in [0.2, 0.25) is 0 Å². The zero-order valence-electron chi connectivity index (χ0n) is 11.7. The Kier molecular flexibility index (Phi) is 2.95. The van der Waals surface area contributed by atoms with E-state index in [0.717, 1.165) is 5.92 Å². The van der Waals surface area contributed by atoms with Crippen molar-refractivity contribution < 1.29 is 0 Å². The van der Waals surface area contributed by atoms with Crippen LogP contribution in [0.5, 0.6) is 0 Å². The molecule has 3 aromatic rings. The van der Waals surface area contributed by atoms with Crippen molar-refractivity contribution in [3.05, 3.63) is 60.2 Å². The van der Waals surface area contributed by atoms with Crippen molar-refractivity contribution in [3.8, 4) is 0 Å². The minimum atomic E-state index is 0.730. The average molecular weight is 259 g/mol. The Hall–Kier alpha value is -1.82. The first-order chi connectivity index (χ1) is 9.93. The molecule has 0 heteroatoms. The highest BCUT2D eigenvalue weighted by Gasteiger charge is 2.20. The van der Waals surface area contributed by atoms with Crippen molar-refractivity contribution in [2.75, 3.05) is 0 Å². The van der Waals surface area contributed by atoms with Crippen LogP contribution in [-0.4, -0.2) is 0 Å². The van der Waals surface area contributed by atoms with Crippen LogP contribution in [0.1, 0.15) is 43.6 Å². The third-order valence-electron chi connectivity index (χ3n) is 4.72. The van der Waals surface area contributed by atoms with Gasteiger partial charge < -0.3 is 0 Å². The largest absolute Gasteiger partial charge is 0.0616 e. The maximum Gasteiger partial charge on any atom is -0.00141 e. The van der Waals surface area contributed by atoms with Gasteiger partial charge in [0.25, 0.3) is 0 Å². The molecule has 0 N–H and O–H groups in total. The van der Waals surface area contributed by atoms with Crippen LogP contribution in [0.15, 0.2) is 48.5 Å². The van der Waals surface area contributed by atoms with E-state index in [-0.39, 0.29) is 0 Å². The SMILES string of the molecule is [c]1c2ccccc2c(C2CCCCC2)c2ccccc12. The second kappa shape index (κ2) is 4.94. The highest BCUT2D eigenvalue weighted by atomic mass is 14.2. The molecular weight excluding hydrogens is 240 g/mol. The van der Waals surface area contributed by atoms with E-state index in [1.165, 1.54) is 53.6 Å². The summed E-state index contributed by atoms with van der Waals surface area (Å²) in [5.74, 6) is 0.730. The van der Waals surface area contributed by atoms with E-state index in [2.05, 4.69) is 54.6 Å². The summed E-state index contributed by atoms with van der Waals surface area (Å²) in [7, 11) is 0. The van der Waals surface area contributed by atoms with Crippen LogP contribution in [-0.2, 0) is 0 Å². The van der Waals surface area contributed by atoms with Gasteiger partial charge in [-0.25, -0.2) is 0 Å². The Morgan fingerprint density at radius 1 is 0.700 bits per heavy atom. The van der Waals surface area contributed by atoms with Gasteiger partial charge >= 0.3 is 0 Å². The lowest BCUT2D eigenvalue weighted by Gasteiger charge is -2.25. The standard InChI is InChI=1S/C20H19/c1-2-8-15(9-3-1)20-18-12-6-4-10-16(18)14-17-11-5-7-13-19(17)20/h4-7,10-13,15H,1-3,8-9H2. The molecule has 3 aromatic carbocycles. The van der Waals surface area contributed by atoms with Gasteiger partial charge in [0, 0.05) is 0 Å². The van der Waals surface area contributed by atoms with Gasteiger partial charge in [-0.3, -0.25) is 0 Å². The number of hydrogen-bond acceptors (Lipinski definition) is 0. The molecule has 0 amide bonds. The highest BCUT2D eigenvalue weighted by molar-refractivity contribution is 6.02. The monoisotopic (exact) mass is 259 g/mol. The first kappa shape index (κ1) is 12.0. The van der Waals surface area contributed by atoms with E-state index in [4.69, 9.17) is 0 Å². The number of fused-ring (bicyclic) bond motifs is 2. The molecule has 0 spiro atoms. The van der Waals surface area contributed by atoms with Crippen LogP contribution in [0.4, 0.5) is 0 Å². The van der Waals surface area contributed by atoms with Crippen molar-refractivity contribution in [3.63, 3.8) is 0 Å². The Bertz CT molecular complexity index is 694. The second-order valence-electron chi connectivity index (χ2n) is 5.96. The summed E-state index contributed by atoms with van der Waals surface area (Å²) in [6, 6.07) is 21.1. The summed E-state index contributed by atoms with van der Waals surface area (Å²) in [5, 5.41) is 5.37. The van der Waals surface area contributed by atoms with Gasteiger partial charge in [-0.1, -0.05) is 67.8 Å². The maximum absolute atomic E-state index is 3.59. The number of benzene rings is 3. The van der Waals surface area contributed by atoms with E-state index >= 15 is 0 Å². The molecule has 1 saturated carbocycles. The van der Waals surface area contributed by atoms with Crippen LogP contribution < -0.4 is 0 Å². The first-order valence-electron chi connectivity index (χ1n) is 7.76. The first-order valence-corrected chi connectivity index (χ1v) is 7.76. The fourth-order valence-corrected chi connectivity index (χ4v) is 3.78. The lowest BCUT2D eigenvalue weighted by molar-refractivity contribution is 0.447. The third-order valence-corrected chi connectivity index (χ3v) is 4.72. The Morgan fingerprint density at radius 2 is 1.25 bits per heavy atom. The molecule has 1 fully saturated rings. The Labute approximate surface area is 120 Å². The fraction of sp³-hybridized carbons (Fsp3) is 0.300. The predicted molar refractivity (Wildman–Crippen MR) is 86.1 cm³/mol. The van der Waals surface area contributed by atoms with E-state index in [9.17, 15) is 0 Å². The molecule has 20 heavy (non-hydrogen) atoms. The minimum absolute atomic E-state index is 0.730. The van der Waals surface area contributed by atoms with Gasteiger partial charge in [0.05, 0.1) is 0 Å². The molecule has 99 valence electrons. The summed E-state index contributed by atoms with van der Waals surface area (Å²) in [4.78, 5) is 0. The van der Waals surface area contributed by atoms with Crippen LogP contribution in [0.25, 0.3) is 21.5 Å². The molecule has 1 radical (unpaired) electrons. The predicted octanol–water partition coefficient (Wildman–Crippen LogP) is 5.84. The van der Waals surface area contributed by atoms with Crippen LogP contribution >= 0.6 is 0 Å². The molecule has 0 heterocycles. The molecule has 1 aliphatic rings. The maximum atomic E-state index is 3.59. The lowest BCUT2D eigenvalue weighted by Crippen LogP contribution is -2.06. The quantitative estimate of drug-likeness (QED) is 0.481. The second-order valence-corrected chi connectivity index (χ2v) is 5.96. The van der Waals surface area contributed by atoms with Gasteiger partial charge in [-0.05, 0) is 51.9 Å². The third kappa shape index (κ3) is 1.91. The van der Waals surface area contributed by atoms with Crippen molar-refractivity contribution in [2.45, 2.75) is 38.0 Å². The van der Waals surface area contributed by atoms with Crippen molar-refractivity contribution in [1.82, 2.24) is 0 Å². The molecular formula is C20H19.